The van der Waals surface area contributed by atoms with Crippen LogP contribution in [0, 0.1) is 0 Å². The van der Waals surface area contributed by atoms with E-state index in [9.17, 15) is 0 Å². The van der Waals surface area contributed by atoms with Gasteiger partial charge in [0.15, 0.2) is 0 Å². The molecule has 0 radical (unpaired) electrons. The van der Waals surface area contributed by atoms with Gasteiger partial charge in [0.25, 0.3) is 0 Å². The molecule has 1 aliphatic heterocycles. The first-order chi connectivity index (χ1) is 8.83. The van der Waals surface area contributed by atoms with Crippen LogP contribution >= 0.6 is 23.5 Å². The van der Waals surface area contributed by atoms with Crippen LogP contribution in [0.3, 0.4) is 0 Å². The van der Waals surface area contributed by atoms with Crippen LogP contribution in [-0.4, -0.2) is 20.6 Å². The standard InChI is InChI=1S/C14H16N2S2/c1-3-5-6-12(4-2)13-10-17-14(18-13)9-16-8-7-15-11-16/h3-9,11,13H,2,10H2,1H3/b5-3-,12-6+,14-9+. The SMILES string of the molecule is C=C/C(=C\C=C/C)C1CS/C(=C\n2ccnc2)S1. The van der Waals surface area contributed by atoms with Crippen molar-refractivity contribution in [3.63, 3.8) is 0 Å². The highest BCUT2D eigenvalue weighted by atomic mass is 32.2. The van der Waals surface area contributed by atoms with Gasteiger partial charge in [-0.3, -0.25) is 0 Å². The lowest BCUT2D eigenvalue weighted by Gasteiger charge is -2.07. The molecule has 1 saturated heterocycles. The highest BCUT2D eigenvalue weighted by molar-refractivity contribution is 8.25. The number of thioether (sulfide) groups is 2. The average Bonchev–Trinajstić information content (AvgIpc) is 3.03. The molecule has 2 nitrogen and oxygen atoms in total. The fraction of sp³-hybridized carbons (Fsp3) is 0.214. The zero-order chi connectivity index (χ0) is 12.8. The topological polar surface area (TPSA) is 17.8 Å². The summed E-state index contributed by atoms with van der Waals surface area (Å²) in [6.07, 6.45) is 15.9. The van der Waals surface area contributed by atoms with E-state index in [2.05, 4.69) is 29.9 Å². The van der Waals surface area contributed by atoms with Gasteiger partial charge in [0.1, 0.15) is 0 Å². The second-order valence-corrected chi connectivity index (χ2v) is 6.34. The fourth-order valence-electron chi connectivity index (χ4n) is 1.58. The lowest BCUT2D eigenvalue weighted by atomic mass is 10.2. The van der Waals surface area contributed by atoms with Crippen LogP contribution in [0.5, 0.6) is 0 Å². The summed E-state index contributed by atoms with van der Waals surface area (Å²) in [6.45, 7) is 5.93. The first-order valence-corrected chi connectivity index (χ1v) is 7.64. The minimum absolute atomic E-state index is 0.499. The van der Waals surface area contributed by atoms with Gasteiger partial charge >= 0.3 is 0 Å². The zero-order valence-electron chi connectivity index (χ0n) is 10.3. The van der Waals surface area contributed by atoms with Gasteiger partial charge in [0.2, 0.25) is 0 Å². The third-order valence-electron chi connectivity index (χ3n) is 2.50. The van der Waals surface area contributed by atoms with Gasteiger partial charge in [-0.2, -0.15) is 0 Å². The van der Waals surface area contributed by atoms with Gasteiger partial charge in [-0.1, -0.05) is 30.9 Å². The molecule has 94 valence electrons. The first kappa shape index (κ1) is 13.3. The monoisotopic (exact) mass is 276 g/mol. The maximum Gasteiger partial charge on any atom is 0.0987 e. The maximum atomic E-state index is 4.04. The summed E-state index contributed by atoms with van der Waals surface area (Å²) in [5, 5.41) is 0.499. The van der Waals surface area contributed by atoms with E-state index < -0.39 is 0 Å². The number of allylic oxidation sites excluding steroid dienone is 4. The fourth-order valence-corrected chi connectivity index (χ4v) is 4.36. The van der Waals surface area contributed by atoms with Crippen molar-refractivity contribution < 1.29 is 0 Å². The van der Waals surface area contributed by atoms with E-state index in [0.717, 1.165) is 5.75 Å². The molecule has 0 aliphatic carbocycles. The van der Waals surface area contributed by atoms with Crippen molar-refractivity contribution in [1.82, 2.24) is 9.55 Å². The molecule has 1 atom stereocenters. The molecular formula is C14H16N2S2. The molecule has 4 heteroatoms. The zero-order valence-corrected chi connectivity index (χ0v) is 12.0. The van der Waals surface area contributed by atoms with E-state index in [1.54, 1.807) is 6.20 Å². The summed E-state index contributed by atoms with van der Waals surface area (Å²) in [6, 6.07) is 0. The molecule has 0 aromatic carbocycles. The van der Waals surface area contributed by atoms with E-state index in [0.29, 0.717) is 5.25 Å². The Kier molecular flexibility index (Phi) is 4.96. The van der Waals surface area contributed by atoms with Crippen molar-refractivity contribution in [3.05, 3.63) is 59.4 Å². The molecule has 2 rings (SSSR count). The summed E-state index contributed by atoms with van der Waals surface area (Å²) in [7, 11) is 0. The summed E-state index contributed by atoms with van der Waals surface area (Å²) in [5.74, 6) is 1.10. The predicted octanol–water partition coefficient (Wildman–Crippen LogP) is 4.18. The number of aromatic nitrogens is 2. The van der Waals surface area contributed by atoms with Crippen LogP contribution in [0.25, 0.3) is 6.20 Å². The van der Waals surface area contributed by atoms with Crippen molar-refractivity contribution >= 4 is 29.7 Å². The van der Waals surface area contributed by atoms with Crippen LogP contribution < -0.4 is 0 Å². The smallest absolute Gasteiger partial charge is 0.0987 e. The highest BCUT2D eigenvalue weighted by Gasteiger charge is 2.22. The van der Waals surface area contributed by atoms with Crippen LogP contribution in [0.2, 0.25) is 0 Å². The Morgan fingerprint density at radius 3 is 3.17 bits per heavy atom. The largest absolute Gasteiger partial charge is 0.311 e. The Hall–Kier alpha value is -1.13. The third-order valence-corrected chi connectivity index (χ3v) is 5.31. The van der Waals surface area contributed by atoms with Crippen LogP contribution in [0.4, 0.5) is 0 Å². The van der Waals surface area contributed by atoms with Crippen molar-refractivity contribution in [1.29, 1.82) is 0 Å². The summed E-state index contributed by atoms with van der Waals surface area (Å²) in [5.41, 5.74) is 1.29. The van der Waals surface area contributed by atoms with Crippen LogP contribution in [0.1, 0.15) is 6.92 Å². The minimum Gasteiger partial charge on any atom is -0.311 e. The molecule has 0 saturated carbocycles. The molecule has 0 N–H and O–H groups in total. The number of nitrogens with zero attached hydrogens (tertiary/aromatic N) is 2. The number of imidazole rings is 1. The van der Waals surface area contributed by atoms with Crippen LogP contribution in [0.15, 0.2) is 59.4 Å². The van der Waals surface area contributed by atoms with Gasteiger partial charge in [0.05, 0.1) is 10.6 Å². The van der Waals surface area contributed by atoms with Gasteiger partial charge < -0.3 is 4.57 Å². The number of hydrogen-bond acceptors (Lipinski definition) is 3. The quantitative estimate of drug-likeness (QED) is 0.768. The Morgan fingerprint density at radius 2 is 2.50 bits per heavy atom. The molecule has 2 heterocycles. The average molecular weight is 276 g/mol. The molecule has 0 spiro atoms. The molecule has 1 aromatic heterocycles. The molecular weight excluding hydrogens is 260 g/mol. The molecule has 18 heavy (non-hydrogen) atoms. The van der Waals surface area contributed by atoms with E-state index in [1.807, 2.05) is 59.7 Å². The van der Waals surface area contributed by atoms with Crippen molar-refractivity contribution in [2.45, 2.75) is 12.2 Å². The summed E-state index contributed by atoms with van der Waals surface area (Å²) in [4.78, 5) is 4.04. The molecule has 1 unspecified atom stereocenters. The molecule has 1 fully saturated rings. The lowest BCUT2D eigenvalue weighted by Crippen LogP contribution is -2.02. The third kappa shape index (κ3) is 3.43. The Bertz CT molecular complexity index is 484. The van der Waals surface area contributed by atoms with Crippen molar-refractivity contribution in [2.75, 3.05) is 5.75 Å². The minimum atomic E-state index is 0.499. The Labute approximate surface area is 117 Å². The molecule has 1 aliphatic rings. The van der Waals surface area contributed by atoms with E-state index in [4.69, 9.17) is 0 Å². The Balaban J connectivity index is 2.06. The molecule has 0 amide bonds. The van der Waals surface area contributed by atoms with E-state index in [1.165, 1.54) is 9.81 Å². The maximum absolute atomic E-state index is 4.04. The normalized spacial score (nSPS) is 23.1. The highest BCUT2D eigenvalue weighted by Crippen LogP contribution is 2.44. The van der Waals surface area contributed by atoms with Gasteiger partial charge in [0, 0.05) is 29.6 Å². The van der Waals surface area contributed by atoms with Crippen molar-refractivity contribution in [3.8, 4) is 0 Å². The Morgan fingerprint density at radius 1 is 1.61 bits per heavy atom. The first-order valence-electron chi connectivity index (χ1n) is 5.77. The lowest BCUT2D eigenvalue weighted by molar-refractivity contribution is 1.14. The van der Waals surface area contributed by atoms with Gasteiger partial charge in [-0.05, 0) is 12.5 Å². The second-order valence-electron chi connectivity index (χ2n) is 3.77. The van der Waals surface area contributed by atoms with Crippen LogP contribution in [-0.2, 0) is 0 Å². The van der Waals surface area contributed by atoms with E-state index in [-0.39, 0.29) is 0 Å². The summed E-state index contributed by atoms with van der Waals surface area (Å²) >= 11 is 3.78. The molecule has 0 bridgehead atoms. The second kappa shape index (κ2) is 6.71. The van der Waals surface area contributed by atoms with Gasteiger partial charge in [-0.15, -0.1) is 23.5 Å². The summed E-state index contributed by atoms with van der Waals surface area (Å²) < 4.78 is 3.31. The number of rotatable bonds is 4. The van der Waals surface area contributed by atoms with E-state index >= 15 is 0 Å². The van der Waals surface area contributed by atoms with Gasteiger partial charge in [-0.25, -0.2) is 4.98 Å². The van der Waals surface area contributed by atoms with Crippen molar-refractivity contribution in [2.24, 2.45) is 0 Å². The molecule has 1 aromatic rings. The number of hydrogen-bond donors (Lipinski definition) is 0. The predicted molar refractivity (Wildman–Crippen MR) is 83.4 cm³/mol.